The van der Waals surface area contributed by atoms with E-state index in [9.17, 15) is 0 Å². The van der Waals surface area contributed by atoms with E-state index in [-0.39, 0.29) is 0 Å². The zero-order valence-corrected chi connectivity index (χ0v) is 12.2. The molecule has 2 aliphatic carbocycles. The van der Waals surface area contributed by atoms with Gasteiger partial charge in [0.1, 0.15) is 0 Å². The lowest BCUT2D eigenvalue weighted by Crippen LogP contribution is -2.08. The summed E-state index contributed by atoms with van der Waals surface area (Å²) >= 11 is 12.1. The first-order chi connectivity index (χ1) is 9.24. The van der Waals surface area contributed by atoms with Crippen LogP contribution in [0.2, 0.25) is 0 Å². The average molecular weight is 291 g/mol. The number of halogens is 2. The van der Waals surface area contributed by atoms with Crippen molar-refractivity contribution < 1.29 is 0 Å². The van der Waals surface area contributed by atoms with E-state index in [1.54, 1.807) is 0 Å². The number of aryl methyl sites for hydroxylation is 1. The first kappa shape index (κ1) is 13.0. The molecule has 0 aliphatic heterocycles. The van der Waals surface area contributed by atoms with E-state index in [1.807, 2.05) is 6.08 Å². The molecule has 2 aliphatic rings. The Bertz CT molecular complexity index is 579. The Morgan fingerprint density at radius 3 is 2.79 bits per heavy atom. The molecular weight excluding hydrogens is 275 g/mol. The van der Waals surface area contributed by atoms with Crippen molar-refractivity contribution >= 4 is 23.2 Å². The minimum absolute atomic E-state index is 0.519. The van der Waals surface area contributed by atoms with Crippen LogP contribution in [-0.4, -0.2) is 0 Å². The van der Waals surface area contributed by atoms with E-state index in [1.165, 1.54) is 36.0 Å². The molecule has 0 heterocycles. The predicted octanol–water partition coefficient (Wildman–Crippen LogP) is 5.68. The third kappa shape index (κ3) is 2.80. The lowest BCUT2D eigenvalue weighted by molar-refractivity contribution is 0.626. The van der Waals surface area contributed by atoms with Crippen molar-refractivity contribution in [3.05, 3.63) is 69.3 Å². The van der Waals surface area contributed by atoms with Crippen LogP contribution in [0.25, 0.3) is 0 Å². The summed E-state index contributed by atoms with van der Waals surface area (Å²) in [5.74, 6) is 0.519. The van der Waals surface area contributed by atoms with E-state index >= 15 is 0 Å². The molecule has 0 saturated carbocycles. The van der Waals surface area contributed by atoms with Gasteiger partial charge >= 0.3 is 0 Å². The fourth-order valence-corrected chi connectivity index (χ4v) is 3.28. The molecule has 2 heteroatoms. The lowest BCUT2D eigenvalue weighted by atomic mass is 9.81. The van der Waals surface area contributed by atoms with Crippen LogP contribution in [0, 0.1) is 0 Å². The summed E-state index contributed by atoms with van der Waals surface area (Å²) in [4.78, 5) is 0. The van der Waals surface area contributed by atoms with Crippen LogP contribution in [0.15, 0.2) is 58.1 Å². The normalized spacial score (nSPS) is 24.7. The van der Waals surface area contributed by atoms with Gasteiger partial charge in [-0.25, -0.2) is 0 Å². The smallest absolute Gasteiger partial charge is 0.0554 e. The molecule has 0 radical (unpaired) electrons. The molecule has 0 aromatic heterocycles. The van der Waals surface area contributed by atoms with Crippen molar-refractivity contribution in [2.45, 2.75) is 31.6 Å². The van der Waals surface area contributed by atoms with Crippen molar-refractivity contribution in [2.24, 2.45) is 0 Å². The van der Waals surface area contributed by atoms with Crippen LogP contribution in [0.3, 0.4) is 0 Å². The Hall–Kier alpha value is -0.980. The van der Waals surface area contributed by atoms with Crippen molar-refractivity contribution in [1.82, 2.24) is 0 Å². The van der Waals surface area contributed by atoms with E-state index < -0.39 is 0 Å². The van der Waals surface area contributed by atoms with E-state index in [2.05, 4.69) is 36.4 Å². The maximum atomic E-state index is 6.14. The Balaban J connectivity index is 1.88. The number of hydrogen-bond donors (Lipinski definition) is 0. The standard InChI is InChI=1S/C17H16Cl2/c18-16-9-8-12(11-17(16)19)10-14-6-3-5-13-4-1-2-7-15(13)14/h1-2,4,7-10,14H,3,5-6,11H2. The molecule has 0 bridgehead atoms. The maximum Gasteiger partial charge on any atom is 0.0554 e. The molecule has 1 aromatic rings. The lowest BCUT2D eigenvalue weighted by Gasteiger charge is -2.24. The highest BCUT2D eigenvalue weighted by molar-refractivity contribution is 6.40. The number of benzene rings is 1. The Labute approximate surface area is 124 Å². The van der Waals surface area contributed by atoms with Gasteiger partial charge in [0, 0.05) is 17.4 Å². The average Bonchev–Trinajstić information content (AvgIpc) is 2.43. The van der Waals surface area contributed by atoms with Crippen LogP contribution in [-0.2, 0) is 6.42 Å². The number of hydrogen-bond acceptors (Lipinski definition) is 0. The molecule has 3 rings (SSSR count). The second kappa shape index (κ2) is 5.56. The monoisotopic (exact) mass is 290 g/mol. The molecule has 0 amide bonds. The summed E-state index contributed by atoms with van der Waals surface area (Å²) in [5.41, 5.74) is 4.25. The second-order valence-electron chi connectivity index (χ2n) is 5.20. The SMILES string of the molecule is ClC1=C(Cl)CC(=CC2CCCc3ccccc32)C=C1. The van der Waals surface area contributed by atoms with Crippen LogP contribution in [0.4, 0.5) is 0 Å². The minimum Gasteiger partial charge on any atom is -0.0872 e. The van der Waals surface area contributed by atoms with Gasteiger partial charge in [0.2, 0.25) is 0 Å². The van der Waals surface area contributed by atoms with E-state index in [4.69, 9.17) is 23.2 Å². The van der Waals surface area contributed by atoms with E-state index in [0.29, 0.717) is 11.0 Å². The Morgan fingerprint density at radius 1 is 1.11 bits per heavy atom. The van der Waals surface area contributed by atoms with Gasteiger partial charge in [0.15, 0.2) is 0 Å². The molecule has 98 valence electrons. The maximum absolute atomic E-state index is 6.14. The Morgan fingerprint density at radius 2 is 1.95 bits per heavy atom. The summed E-state index contributed by atoms with van der Waals surface area (Å²) in [7, 11) is 0. The van der Waals surface area contributed by atoms with Gasteiger partial charge in [-0.3, -0.25) is 0 Å². The first-order valence-corrected chi connectivity index (χ1v) is 7.50. The van der Waals surface area contributed by atoms with Gasteiger partial charge in [-0.15, -0.1) is 0 Å². The minimum atomic E-state index is 0.519. The highest BCUT2D eigenvalue weighted by Crippen LogP contribution is 2.36. The summed E-state index contributed by atoms with van der Waals surface area (Å²) in [6.07, 6.45) is 10.8. The molecule has 1 unspecified atom stereocenters. The molecule has 0 saturated heterocycles. The van der Waals surface area contributed by atoms with Gasteiger partial charge in [0.25, 0.3) is 0 Å². The van der Waals surface area contributed by atoms with Crippen LogP contribution in [0.1, 0.15) is 36.3 Å². The predicted molar refractivity (Wildman–Crippen MR) is 82.7 cm³/mol. The summed E-state index contributed by atoms with van der Waals surface area (Å²) in [6.45, 7) is 0. The molecule has 1 atom stereocenters. The van der Waals surface area contributed by atoms with Crippen molar-refractivity contribution in [2.75, 3.05) is 0 Å². The van der Waals surface area contributed by atoms with E-state index in [0.717, 1.165) is 11.5 Å². The summed E-state index contributed by atoms with van der Waals surface area (Å²) in [5, 5.41) is 1.42. The first-order valence-electron chi connectivity index (χ1n) is 6.75. The van der Waals surface area contributed by atoms with Crippen LogP contribution < -0.4 is 0 Å². The third-order valence-electron chi connectivity index (χ3n) is 3.89. The molecule has 0 fully saturated rings. The second-order valence-corrected chi connectivity index (χ2v) is 6.07. The van der Waals surface area contributed by atoms with Crippen LogP contribution in [0.5, 0.6) is 0 Å². The van der Waals surface area contributed by atoms with Crippen LogP contribution >= 0.6 is 23.2 Å². The van der Waals surface area contributed by atoms with Crippen molar-refractivity contribution in [3.8, 4) is 0 Å². The molecular formula is C17H16Cl2. The van der Waals surface area contributed by atoms with Crippen molar-refractivity contribution in [1.29, 1.82) is 0 Å². The fourth-order valence-electron chi connectivity index (χ4n) is 2.93. The van der Waals surface area contributed by atoms with Gasteiger partial charge in [-0.05, 0) is 42.0 Å². The number of allylic oxidation sites excluding steroid dienone is 6. The number of fused-ring (bicyclic) bond motifs is 1. The zero-order valence-electron chi connectivity index (χ0n) is 10.7. The topological polar surface area (TPSA) is 0 Å². The molecule has 19 heavy (non-hydrogen) atoms. The molecule has 0 spiro atoms. The highest BCUT2D eigenvalue weighted by atomic mass is 35.5. The van der Waals surface area contributed by atoms with Gasteiger partial charge in [-0.2, -0.15) is 0 Å². The quantitative estimate of drug-likeness (QED) is 0.624. The zero-order chi connectivity index (χ0) is 13.2. The molecule has 0 nitrogen and oxygen atoms in total. The highest BCUT2D eigenvalue weighted by Gasteiger charge is 2.19. The van der Waals surface area contributed by atoms with Gasteiger partial charge < -0.3 is 0 Å². The van der Waals surface area contributed by atoms with Gasteiger partial charge in [-0.1, -0.05) is 59.6 Å². The largest absolute Gasteiger partial charge is 0.0872 e. The third-order valence-corrected chi connectivity index (χ3v) is 4.68. The molecule has 0 N–H and O–H groups in total. The fraction of sp³-hybridized carbons (Fsp3) is 0.294. The molecule has 1 aromatic carbocycles. The Kier molecular flexibility index (Phi) is 3.81. The van der Waals surface area contributed by atoms with Crippen molar-refractivity contribution in [3.63, 3.8) is 0 Å². The summed E-state index contributed by atoms with van der Waals surface area (Å²) < 4.78 is 0. The number of rotatable bonds is 1. The summed E-state index contributed by atoms with van der Waals surface area (Å²) in [6, 6.07) is 8.78. The van der Waals surface area contributed by atoms with Gasteiger partial charge in [0.05, 0.1) is 5.03 Å².